The number of aryl methyl sites for hydroxylation is 1. The van der Waals surface area contributed by atoms with Crippen molar-refractivity contribution < 1.29 is 4.52 Å². The largest absolute Gasteiger partial charge is 0.380 e. The predicted octanol–water partition coefficient (Wildman–Crippen LogP) is 5.42. The Bertz CT molecular complexity index is 812. The molecule has 2 aromatic carbocycles. The van der Waals surface area contributed by atoms with Crippen molar-refractivity contribution in [1.29, 1.82) is 0 Å². The van der Waals surface area contributed by atoms with Crippen LogP contribution in [-0.4, -0.2) is 5.16 Å². The number of nitrogen functional groups attached to an aromatic ring is 1. The molecule has 0 aliphatic carbocycles. The van der Waals surface area contributed by atoms with E-state index >= 15 is 0 Å². The molecule has 0 amide bonds. The second kappa shape index (κ2) is 5.66. The van der Waals surface area contributed by atoms with Gasteiger partial charge in [-0.1, -0.05) is 45.4 Å². The molecule has 3 rings (SSSR count). The van der Waals surface area contributed by atoms with Gasteiger partial charge in [0.15, 0.2) is 11.6 Å². The minimum absolute atomic E-state index is 0.397. The fraction of sp³-hybridized carbons (Fsp3) is 0.0625. The van der Waals surface area contributed by atoms with Crippen LogP contribution in [0, 0.1) is 6.92 Å². The van der Waals surface area contributed by atoms with Gasteiger partial charge in [0.1, 0.15) is 0 Å². The highest BCUT2D eigenvalue weighted by atomic mass is 79.9. The SMILES string of the molecule is Cc1ccccc1-c1c(N)noc1-c1ccc(Br)cc1Br. The van der Waals surface area contributed by atoms with E-state index < -0.39 is 0 Å². The third-order valence-corrected chi connectivity index (χ3v) is 4.46. The zero-order valence-electron chi connectivity index (χ0n) is 11.2. The molecule has 0 fully saturated rings. The molecule has 1 heterocycles. The highest BCUT2D eigenvalue weighted by Crippen LogP contribution is 2.41. The van der Waals surface area contributed by atoms with Crippen molar-refractivity contribution in [1.82, 2.24) is 5.16 Å². The van der Waals surface area contributed by atoms with Crippen molar-refractivity contribution in [3.8, 4) is 22.5 Å². The van der Waals surface area contributed by atoms with E-state index in [4.69, 9.17) is 10.3 Å². The summed E-state index contributed by atoms with van der Waals surface area (Å²) in [5, 5.41) is 3.94. The molecule has 0 aliphatic rings. The quantitative estimate of drug-likeness (QED) is 0.616. The van der Waals surface area contributed by atoms with Crippen LogP contribution in [0.3, 0.4) is 0 Å². The van der Waals surface area contributed by atoms with Gasteiger partial charge in [0.2, 0.25) is 0 Å². The zero-order valence-corrected chi connectivity index (χ0v) is 14.4. The number of aromatic nitrogens is 1. The Morgan fingerprint density at radius 3 is 2.52 bits per heavy atom. The third-order valence-electron chi connectivity index (χ3n) is 3.31. The van der Waals surface area contributed by atoms with Gasteiger partial charge in [-0.05, 0) is 52.2 Å². The monoisotopic (exact) mass is 406 g/mol. The Balaban J connectivity index is 2.25. The first-order chi connectivity index (χ1) is 10.1. The van der Waals surface area contributed by atoms with Crippen molar-refractivity contribution in [3.05, 3.63) is 57.0 Å². The van der Waals surface area contributed by atoms with Gasteiger partial charge < -0.3 is 10.3 Å². The summed E-state index contributed by atoms with van der Waals surface area (Å²) in [7, 11) is 0. The van der Waals surface area contributed by atoms with Crippen molar-refractivity contribution in [3.63, 3.8) is 0 Å². The molecule has 106 valence electrons. The summed E-state index contributed by atoms with van der Waals surface area (Å²) >= 11 is 7.01. The number of hydrogen-bond acceptors (Lipinski definition) is 3. The second-order valence-electron chi connectivity index (χ2n) is 4.71. The maximum Gasteiger partial charge on any atom is 0.178 e. The zero-order chi connectivity index (χ0) is 15.0. The van der Waals surface area contributed by atoms with Gasteiger partial charge in [0.25, 0.3) is 0 Å². The number of benzene rings is 2. The van der Waals surface area contributed by atoms with E-state index in [9.17, 15) is 0 Å². The van der Waals surface area contributed by atoms with Crippen LogP contribution in [0.15, 0.2) is 55.9 Å². The molecule has 5 heteroatoms. The Morgan fingerprint density at radius 1 is 1.05 bits per heavy atom. The third kappa shape index (κ3) is 2.63. The molecule has 0 atom stereocenters. The molecule has 2 N–H and O–H groups in total. The molecule has 3 nitrogen and oxygen atoms in total. The summed E-state index contributed by atoms with van der Waals surface area (Å²) in [6, 6.07) is 13.9. The summed E-state index contributed by atoms with van der Waals surface area (Å²) in [4.78, 5) is 0. The first-order valence-electron chi connectivity index (χ1n) is 6.34. The Morgan fingerprint density at radius 2 is 1.81 bits per heavy atom. The van der Waals surface area contributed by atoms with Gasteiger partial charge >= 0.3 is 0 Å². The number of anilines is 1. The molecule has 0 spiro atoms. The minimum atomic E-state index is 0.397. The average Bonchev–Trinajstić information content (AvgIpc) is 2.81. The lowest BCUT2D eigenvalue weighted by Gasteiger charge is -2.07. The molecule has 0 saturated carbocycles. The summed E-state index contributed by atoms with van der Waals surface area (Å²) in [5.41, 5.74) is 9.93. The van der Waals surface area contributed by atoms with Gasteiger partial charge in [0.05, 0.1) is 5.56 Å². The molecule has 0 radical (unpaired) electrons. The van der Waals surface area contributed by atoms with Gasteiger partial charge in [-0.2, -0.15) is 0 Å². The van der Waals surface area contributed by atoms with E-state index in [0.29, 0.717) is 11.6 Å². The highest BCUT2D eigenvalue weighted by molar-refractivity contribution is 9.11. The Hall–Kier alpha value is -1.59. The molecular weight excluding hydrogens is 396 g/mol. The van der Waals surface area contributed by atoms with Crippen LogP contribution < -0.4 is 5.73 Å². The smallest absolute Gasteiger partial charge is 0.178 e. The Kier molecular flexibility index (Phi) is 3.87. The first kappa shape index (κ1) is 14.4. The maximum absolute atomic E-state index is 6.03. The first-order valence-corrected chi connectivity index (χ1v) is 7.93. The van der Waals surface area contributed by atoms with E-state index in [1.165, 1.54) is 0 Å². The summed E-state index contributed by atoms with van der Waals surface area (Å²) in [6.07, 6.45) is 0. The molecule has 0 unspecified atom stereocenters. The number of nitrogens with two attached hydrogens (primary N) is 1. The minimum Gasteiger partial charge on any atom is -0.380 e. The van der Waals surface area contributed by atoms with Gasteiger partial charge in [-0.3, -0.25) is 0 Å². The topological polar surface area (TPSA) is 52.0 Å². The standard InChI is InChI=1S/C16H12Br2N2O/c1-9-4-2-3-5-11(9)14-15(21-20-16(14)19)12-7-6-10(17)8-13(12)18/h2-8H,1H3,(H2,19,20). The summed E-state index contributed by atoms with van der Waals surface area (Å²) in [6.45, 7) is 2.04. The number of rotatable bonds is 2. The van der Waals surface area contributed by atoms with Crippen LogP contribution in [0.5, 0.6) is 0 Å². The lowest BCUT2D eigenvalue weighted by molar-refractivity contribution is 0.436. The highest BCUT2D eigenvalue weighted by Gasteiger charge is 2.20. The van der Waals surface area contributed by atoms with Crippen molar-refractivity contribution in [2.75, 3.05) is 5.73 Å². The molecule has 0 saturated heterocycles. The maximum atomic E-state index is 6.03. The number of nitrogens with zero attached hydrogens (tertiary/aromatic N) is 1. The van der Waals surface area contributed by atoms with Crippen LogP contribution in [-0.2, 0) is 0 Å². The van der Waals surface area contributed by atoms with Crippen molar-refractivity contribution in [2.45, 2.75) is 6.92 Å². The average molecular weight is 408 g/mol. The van der Waals surface area contributed by atoms with E-state index in [2.05, 4.69) is 37.0 Å². The lowest BCUT2D eigenvalue weighted by atomic mass is 9.98. The van der Waals surface area contributed by atoms with Crippen LogP contribution in [0.2, 0.25) is 0 Å². The molecule has 3 aromatic rings. The van der Waals surface area contributed by atoms with Crippen molar-refractivity contribution >= 4 is 37.7 Å². The van der Waals surface area contributed by atoms with E-state index in [1.54, 1.807) is 0 Å². The predicted molar refractivity (Wildman–Crippen MR) is 91.9 cm³/mol. The Labute approximate surface area is 139 Å². The van der Waals surface area contributed by atoms with Gasteiger partial charge in [-0.25, -0.2) is 0 Å². The molecule has 21 heavy (non-hydrogen) atoms. The fourth-order valence-electron chi connectivity index (χ4n) is 2.27. The summed E-state index contributed by atoms with van der Waals surface area (Å²) < 4.78 is 7.40. The van der Waals surface area contributed by atoms with Crippen molar-refractivity contribution in [2.24, 2.45) is 0 Å². The second-order valence-corrected chi connectivity index (χ2v) is 6.48. The van der Waals surface area contributed by atoms with Crippen LogP contribution in [0.1, 0.15) is 5.56 Å². The molecule has 0 aliphatic heterocycles. The normalized spacial score (nSPS) is 10.8. The molecule has 0 bridgehead atoms. The van der Waals surface area contributed by atoms with Gasteiger partial charge in [0, 0.05) is 14.5 Å². The number of halogens is 2. The van der Waals surface area contributed by atoms with E-state index in [1.807, 2.05) is 49.4 Å². The van der Waals surface area contributed by atoms with Crippen LogP contribution >= 0.6 is 31.9 Å². The molecule has 1 aromatic heterocycles. The van der Waals surface area contributed by atoms with Gasteiger partial charge in [-0.15, -0.1) is 0 Å². The summed E-state index contributed by atoms with van der Waals surface area (Å²) in [5.74, 6) is 1.07. The lowest BCUT2D eigenvalue weighted by Crippen LogP contribution is -1.91. The van der Waals surface area contributed by atoms with Crippen LogP contribution in [0.4, 0.5) is 5.82 Å². The molecular formula is C16H12Br2N2O. The van der Waals surface area contributed by atoms with E-state index in [0.717, 1.165) is 31.2 Å². The fourth-order valence-corrected chi connectivity index (χ4v) is 3.50. The van der Waals surface area contributed by atoms with Crippen LogP contribution in [0.25, 0.3) is 22.5 Å². The van der Waals surface area contributed by atoms with E-state index in [-0.39, 0.29) is 0 Å². The number of hydrogen-bond donors (Lipinski definition) is 1.